The molecule has 2 unspecified atom stereocenters. The Balaban J connectivity index is 2.79. The minimum atomic E-state index is -3.49. The lowest BCUT2D eigenvalue weighted by Gasteiger charge is -2.26. The number of rotatable bonds is 5. The molecule has 0 aromatic carbocycles. The zero-order chi connectivity index (χ0) is 13.2. The molecule has 1 fully saturated rings. The monoisotopic (exact) mass is 265 g/mol. The molecule has 6 nitrogen and oxygen atoms in total. The standard InChI is InChI=1S/C10H23N3O3S/c1-8(2)11-17(15,16)13-7-10(14)5-9(13)6-12(3)4/h8-11,14H,5-7H2,1-4H3. The Hall–Kier alpha value is -0.210. The van der Waals surface area contributed by atoms with Gasteiger partial charge in [0.25, 0.3) is 10.2 Å². The Morgan fingerprint density at radius 2 is 2.06 bits per heavy atom. The zero-order valence-electron chi connectivity index (χ0n) is 10.9. The van der Waals surface area contributed by atoms with Gasteiger partial charge in [-0.1, -0.05) is 0 Å². The SMILES string of the molecule is CC(C)NS(=O)(=O)N1CC(O)CC1CN(C)C. The number of aliphatic hydroxyl groups excluding tert-OH is 1. The molecule has 2 atom stereocenters. The van der Waals surface area contributed by atoms with Crippen molar-refractivity contribution in [3.05, 3.63) is 0 Å². The predicted octanol–water partition coefficient (Wildman–Crippen LogP) is -0.774. The molecular formula is C10H23N3O3S. The summed E-state index contributed by atoms with van der Waals surface area (Å²) in [6.07, 6.45) is -0.0688. The molecule has 1 heterocycles. The van der Waals surface area contributed by atoms with Gasteiger partial charge >= 0.3 is 0 Å². The number of nitrogens with zero attached hydrogens (tertiary/aromatic N) is 2. The van der Waals surface area contributed by atoms with Gasteiger partial charge in [-0.2, -0.15) is 17.4 Å². The van der Waals surface area contributed by atoms with Gasteiger partial charge in [-0.05, 0) is 34.4 Å². The number of likely N-dealkylation sites (N-methyl/N-ethyl adjacent to an activating group) is 1. The molecule has 0 aliphatic carbocycles. The number of hydrogen-bond donors (Lipinski definition) is 2. The fraction of sp³-hybridized carbons (Fsp3) is 1.00. The van der Waals surface area contributed by atoms with E-state index in [0.717, 1.165) is 0 Å². The van der Waals surface area contributed by atoms with E-state index in [1.54, 1.807) is 13.8 Å². The van der Waals surface area contributed by atoms with E-state index in [1.807, 2.05) is 19.0 Å². The van der Waals surface area contributed by atoms with Crippen LogP contribution < -0.4 is 4.72 Å². The Morgan fingerprint density at radius 1 is 1.47 bits per heavy atom. The lowest BCUT2D eigenvalue weighted by molar-refractivity contribution is 0.188. The fourth-order valence-electron chi connectivity index (χ4n) is 2.11. The summed E-state index contributed by atoms with van der Waals surface area (Å²) in [5.74, 6) is 0. The highest BCUT2D eigenvalue weighted by Crippen LogP contribution is 2.21. The van der Waals surface area contributed by atoms with E-state index in [2.05, 4.69) is 4.72 Å². The molecule has 1 aliphatic heterocycles. The molecule has 2 N–H and O–H groups in total. The van der Waals surface area contributed by atoms with Crippen molar-refractivity contribution in [3.63, 3.8) is 0 Å². The molecule has 0 spiro atoms. The molecule has 1 saturated heterocycles. The van der Waals surface area contributed by atoms with E-state index in [1.165, 1.54) is 4.31 Å². The van der Waals surface area contributed by atoms with Crippen LogP contribution in [0.4, 0.5) is 0 Å². The first kappa shape index (κ1) is 14.8. The van der Waals surface area contributed by atoms with Crippen molar-refractivity contribution in [2.24, 2.45) is 0 Å². The zero-order valence-corrected chi connectivity index (χ0v) is 11.7. The maximum absolute atomic E-state index is 12.1. The minimum absolute atomic E-state index is 0.141. The Morgan fingerprint density at radius 3 is 2.53 bits per heavy atom. The molecule has 0 radical (unpaired) electrons. The topological polar surface area (TPSA) is 72.9 Å². The maximum atomic E-state index is 12.1. The molecule has 0 aromatic heterocycles. The van der Waals surface area contributed by atoms with Gasteiger partial charge in [-0.25, -0.2) is 0 Å². The van der Waals surface area contributed by atoms with Crippen molar-refractivity contribution >= 4 is 10.2 Å². The van der Waals surface area contributed by atoms with E-state index < -0.39 is 16.3 Å². The summed E-state index contributed by atoms with van der Waals surface area (Å²) in [5.41, 5.74) is 0. The van der Waals surface area contributed by atoms with Crippen LogP contribution in [0.1, 0.15) is 20.3 Å². The molecule has 0 amide bonds. The smallest absolute Gasteiger partial charge is 0.280 e. The highest BCUT2D eigenvalue weighted by molar-refractivity contribution is 7.87. The van der Waals surface area contributed by atoms with Crippen LogP contribution in [0.2, 0.25) is 0 Å². The molecular weight excluding hydrogens is 242 g/mol. The summed E-state index contributed by atoms with van der Waals surface area (Å²) >= 11 is 0. The fourth-order valence-corrected chi connectivity index (χ4v) is 3.75. The van der Waals surface area contributed by atoms with Crippen LogP contribution in [-0.2, 0) is 10.2 Å². The van der Waals surface area contributed by atoms with Crippen molar-refractivity contribution in [2.45, 2.75) is 38.5 Å². The second-order valence-corrected chi connectivity index (χ2v) is 6.81. The van der Waals surface area contributed by atoms with Crippen LogP contribution in [0.25, 0.3) is 0 Å². The van der Waals surface area contributed by atoms with Crippen molar-refractivity contribution in [1.29, 1.82) is 0 Å². The van der Waals surface area contributed by atoms with Gasteiger partial charge in [0.1, 0.15) is 0 Å². The second kappa shape index (κ2) is 5.62. The number of hydrogen-bond acceptors (Lipinski definition) is 4. The number of β-amino-alcohol motifs (C(OH)–C–C–N with tert-alkyl or cyclic N) is 1. The number of aliphatic hydroxyl groups is 1. The Kier molecular flexibility index (Phi) is 4.91. The summed E-state index contributed by atoms with van der Waals surface area (Å²) in [6, 6.07) is -0.297. The van der Waals surface area contributed by atoms with E-state index >= 15 is 0 Å². The second-order valence-electron chi connectivity index (χ2n) is 5.15. The average Bonchev–Trinajstić information content (AvgIpc) is 2.43. The molecule has 17 heavy (non-hydrogen) atoms. The van der Waals surface area contributed by atoms with Gasteiger partial charge in [-0.15, -0.1) is 0 Å². The normalized spacial score (nSPS) is 27.2. The van der Waals surface area contributed by atoms with Gasteiger partial charge in [0, 0.05) is 25.2 Å². The van der Waals surface area contributed by atoms with E-state index in [-0.39, 0.29) is 18.6 Å². The number of nitrogens with one attached hydrogen (secondary N) is 1. The third-order valence-electron chi connectivity index (χ3n) is 2.61. The molecule has 1 rings (SSSR count). The minimum Gasteiger partial charge on any atom is -0.392 e. The van der Waals surface area contributed by atoms with Crippen molar-refractivity contribution in [2.75, 3.05) is 27.2 Å². The predicted molar refractivity (Wildman–Crippen MR) is 66.9 cm³/mol. The van der Waals surface area contributed by atoms with Gasteiger partial charge in [0.15, 0.2) is 0 Å². The van der Waals surface area contributed by atoms with Gasteiger partial charge in [0.05, 0.1) is 6.10 Å². The van der Waals surface area contributed by atoms with E-state index in [4.69, 9.17) is 0 Å². The summed E-state index contributed by atoms with van der Waals surface area (Å²) < 4.78 is 28.1. The van der Waals surface area contributed by atoms with Crippen LogP contribution in [0, 0.1) is 0 Å². The summed E-state index contributed by atoms with van der Waals surface area (Å²) in [4.78, 5) is 1.93. The van der Waals surface area contributed by atoms with Gasteiger partial charge in [-0.3, -0.25) is 0 Å². The third kappa shape index (κ3) is 4.18. The summed E-state index contributed by atoms with van der Waals surface area (Å²) in [5, 5.41) is 9.63. The van der Waals surface area contributed by atoms with Crippen LogP contribution in [-0.4, -0.2) is 68.1 Å². The van der Waals surface area contributed by atoms with Crippen LogP contribution >= 0.6 is 0 Å². The quantitative estimate of drug-likeness (QED) is 0.684. The van der Waals surface area contributed by atoms with Gasteiger partial charge in [0.2, 0.25) is 0 Å². The Bertz CT molecular complexity index is 343. The van der Waals surface area contributed by atoms with Crippen molar-refractivity contribution in [3.8, 4) is 0 Å². The first-order valence-corrected chi connectivity index (χ1v) is 7.28. The molecule has 0 aromatic rings. The third-order valence-corrected chi connectivity index (χ3v) is 4.45. The molecule has 0 saturated carbocycles. The molecule has 1 aliphatic rings. The van der Waals surface area contributed by atoms with Gasteiger partial charge < -0.3 is 10.0 Å². The highest BCUT2D eigenvalue weighted by Gasteiger charge is 2.38. The maximum Gasteiger partial charge on any atom is 0.280 e. The Labute approximate surface area is 104 Å². The summed E-state index contributed by atoms with van der Waals surface area (Å²) in [7, 11) is 0.298. The van der Waals surface area contributed by atoms with Crippen LogP contribution in [0.5, 0.6) is 0 Å². The molecule has 7 heteroatoms. The van der Waals surface area contributed by atoms with E-state index in [0.29, 0.717) is 13.0 Å². The lowest BCUT2D eigenvalue weighted by atomic mass is 10.2. The lowest BCUT2D eigenvalue weighted by Crippen LogP contribution is -2.48. The van der Waals surface area contributed by atoms with Crippen LogP contribution in [0.15, 0.2) is 0 Å². The van der Waals surface area contributed by atoms with Crippen LogP contribution in [0.3, 0.4) is 0 Å². The highest BCUT2D eigenvalue weighted by atomic mass is 32.2. The summed E-state index contributed by atoms with van der Waals surface area (Å²) in [6.45, 7) is 4.37. The van der Waals surface area contributed by atoms with Crippen molar-refractivity contribution in [1.82, 2.24) is 13.9 Å². The average molecular weight is 265 g/mol. The first-order valence-electron chi connectivity index (χ1n) is 5.84. The largest absolute Gasteiger partial charge is 0.392 e. The van der Waals surface area contributed by atoms with Crippen molar-refractivity contribution < 1.29 is 13.5 Å². The van der Waals surface area contributed by atoms with E-state index in [9.17, 15) is 13.5 Å². The molecule has 102 valence electrons. The molecule has 0 bridgehead atoms. The first-order chi connectivity index (χ1) is 7.72.